The van der Waals surface area contributed by atoms with E-state index in [1.54, 1.807) is 18.7 Å². The largest absolute Gasteiger partial charge is 0.336 e. The maximum atomic E-state index is 11.9. The van der Waals surface area contributed by atoms with E-state index in [0.29, 0.717) is 12.3 Å². The van der Waals surface area contributed by atoms with Gasteiger partial charge in [0.1, 0.15) is 5.37 Å². The first kappa shape index (κ1) is 14.6. The molecule has 0 aromatic carbocycles. The fraction of sp³-hybridized carbons (Fsp3) is 0.900. The van der Waals surface area contributed by atoms with E-state index in [9.17, 15) is 13.2 Å². The number of hydrogen-bond donors (Lipinski definition) is 1. The molecule has 7 heteroatoms. The molecule has 1 aliphatic heterocycles. The molecular weight excluding hydrogens is 260 g/mol. The summed E-state index contributed by atoms with van der Waals surface area (Å²) in [6.45, 7) is 5.83. The second-order valence-corrected chi connectivity index (χ2v) is 7.88. The molecule has 0 aliphatic carbocycles. The Morgan fingerprint density at radius 3 is 2.71 bits per heavy atom. The zero-order valence-electron chi connectivity index (χ0n) is 10.5. The SMILES string of the molecule is CCS(=O)(=O)C1CSCCN1C(=O)NC(C)C. The van der Waals surface area contributed by atoms with E-state index in [-0.39, 0.29) is 17.8 Å². The van der Waals surface area contributed by atoms with E-state index in [0.717, 1.165) is 5.75 Å². The predicted molar refractivity (Wildman–Crippen MR) is 70.9 cm³/mol. The van der Waals surface area contributed by atoms with Gasteiger partial charge in [-0.25, -0.2) is 13.2 Å². The number of nitrogens with zero attached hydrogens (tertiary/aromatic N) is 1. The summed E-state index contributed by atoms with van der Waals surface area (Å²) in [5, 5.41) is 2.08. The van der Waals surface area contributed by atoms with E-state index in [4.69, 9.17) is 0 Å². The average Bonchev–Trinajstić information content (AvgIpc) is 2.28. The first-order chi connectivity index (χ1) is 7.88. The summed E-state index contributed by atoms with van der Waals surface area (Å²) in [5.74, 6) is 1.34. The third-order valence-corrected chi connectivity index (χ3v) is 5.86. The number of sulfone groups is 1. The van der Waals surface area contributed by atoms with E-state index >= 15 is 0 Å². The van der Waals surface area contributed by atoms with E-state index < -0.39 is 15.2 Å². The van der Waals surface area contributed by atoms with Gasteiger partial charge in [0.25, 0.3) is 0 Å². The Morgan fingerprint density at radius 1 is 1.53 bits per heavy atom. The summed E-state index contributed by atoms with van der Waals surface area (Å²) < 4.78 is 23.8. The number of carbonyl (C=O) groups is 1. The van der Waals surface area contributed by atoms with Crippen molar-refractivity contribution >= 4 is 27.6 Å². The summed E-state index contributed by atoms with van der Waals surface area (Å²) in [5.41, 5.74) is 0. The lowest BCUT2D eigenvalue weighted by Gasteiger charge is -2.35. The second-order valence-electron chi connectivity index (χ2n) is 4.28. The molecule has 1 atom stereocenters. The fourth-order valence-electron chi connectivity index (χ4n) is 1.63. The van der Waals surface area contributed by atoms with Gasteiger partial charge in [0.15, 0.2) is 9.84 Å². The van der Waals surface area contributed by atoms with Crippen LogP contribution in [0.5, 0.6) is 0 Å². The molecule has 0 bridgehead atoms. The summed E-state index contributed by atoms with van der Waals surface area (Å²) in [6, 6.07) is -0.260. The summed E-state index contributed by atoms with van der Waals surface area (Å²) in [6.07, 6.45) is 0. The standard InChI is InChI=1S/C10H20N2O3S2/c1-4-17(14,15)9-7-16-6-5-12(9)10(13)11-8(2)3/h8-9H,4-7H2,1-3H3,(H,11,13). The topological polar surface area (TPSA) is 66.5 Å². The molecule has 1 N–H and O–H groups in total. The number of hydrogen-bond acceptors (Lipinski definition) is 4. The highest BCUT2D eigenvalue weighted by atomic mass is 32.2. The summed E-state index contributed by atoms with van der Waals surface area (Å²) >= 11 is 1.58. The Labute approximate surface area is 107 Å². The van der Waals surface area contributed by atoms with E-state index in [1.807, 2.05) is 13.8 Å². The second kappa shape index (κ2) is 5.95. The Morgan fingerprint density at radius 2 is 2.18 bits per heavy atom. The lowest BCUT2D eigenvalue weighted by molar-refractivity contribution is 0.194. The maximum Gasteiger partial charge on any atom is 0.318 e. The van der Waals surface area contributed by atoms with Gasteiger partial charge in [-0.05, 0) is 13.8 Å². The van der Waals surface area contributed by atoms with E-state index in [1.165, 1.54) is 4.90 Å². The predicted octanol–water partition coefficient (Wildman–Crippen LogP) is 0.914. The molecule has 1 unspecified atom stereocenters. The molecule has 1 aliphatic rings. The van der Waals surface area contributed by atoms with Gasteiger partial charge >= 0.3 is 6.03 Å². The van der Waals surface area contributed by atoms with Crippen LogP contribution in [0.1, 0.15) is 20.8 Å². The van der Waals surface area contributed by atoms with Gasteiger partial charge in [0.2, 0.25) is 0 Å². The van der Waals surface area contributed by atoms with Gasteiger partial charge in [-0.1, -0.05) is 6.92 Å². The number of thioether (sulfide) groups is 1. The molecule has 0 aromatic heterocycles. The lowest BCUT2D eigenvalue weighted by Crippen LogP contribution is -2.55. The van der Waals surface area contributed by atoms with Gasteiger partial charge in [-0.2, -0.15) is 11.8 Å². The van der Waals surface area contributed by atoms with Crippen molar-refractivity contribution in [2.24, 2.45) is 0 Å². The van der Waals surface area contributed by atoms with Crippen LogP contribution in [0.4, 0.5) is 4.79 Å². The van der Waals surface area contributed by atoms with Gasteiger partial charge in [0.05, 0.1) is 0 Å². The minimum Gasteiger partial charge on any atom is -0.336 e. The first-order valence-electron chi connectivity index (χ1n) is 5.75. The zero-order chi connectivity index (χ0) is 13.1. The van der Waals surface area contributed by atoms with Crippen LogP contribution in [-0.4, -0.2) is 54.6 Å². The van der Waals surface area contributed by atoms with Crippen LogP contribution < -0.4 is 5.32 Å². The third kappa shape index (κ3) is 3.77. The average molecular weight is 280 g/mol. The van der Waals surface area contributed by atoms with Crippen molar-refractivity contribution in [2.75, 3.05) is 23.8 Å². The molecule has 2 amide bonds. The molecule has 17 heavy (non-hydrogen) atoms. The molecule has 0 radical (unpaired) electrons. The maximum absolute atomic E-state index is 11.9. The minimum absolute atomic E-state index is 0.0158. The Bertz CT molecular complexity index is 368. The van der Waals surface area contributed by atoms with Crippen LogP contribution >= 0.6 is 11.8 Å². The van der Waals surface area contributed by atoms with Crippen molar-refractivity contribution in [1.82, 2.24) is 10.2 Å². The number of rotatable bonds is 3. The van der Waals surface area contributed by atoms with Gasteiger partial charge in [-0.15, -0.1) is 0 Å². The molecule has 0 spiro atoms. The molecular formula is C10H20N2O3S2. The van der Waals surface area contributed by atoms with Crippen molar-refractivity contribution in [3.63, 3.8) is 0 Å². The van der Waals surface area contributed by atoms with Crippen molar-refractivity contribution in [2.45, 2.75) is 32.2 Å². The van der Waals surface area contributed by atoms with Crippen LogP contribution in [-0.2, 0) is 9.84 Å². The Balaban J connectivity index is 2.83. The highest BCUT2D eigenvalue weighted by Gasteiger charge is 2.35. The van der Waals surface area contributed by atoms with Crippen LogP contribution in [0.2, 0.25) is 0 Å². The molecule has 100 valence electrons. The molecule has 0 saturated carbocycles. The molecule has 1 saturated heterocycles. The van der Waals surface area contributed by atoms with Crippen LogP contribution in [0.25, 0.3) is 0 Å². The minimum atomic E-state index is -3.21. The van der Waals surface area contributed by atoms with Gasteiger partial charge in [0, 0.05) is 29.8 Å². The lowest BCUT2D eigenvalue weighted by atomic mass is 10.4. The summed E-state index contributed by atoms with van der Waals surface area (Å²) in [7, 11) is -3.21. The van der Waals surface area contributed by atoms with Crippen molar-refractivity contribution in [3.05, 3.63) is 0 Å². The normalized spacial score (nSPS) is 21.6. The van der Waals surface area contributed by atoms with Gasteiger partial charge < -0.3 is 10.2 Å². The highest BCUT2D eigenvalue weighted by molar-refractivity contribution is 8.01. The highest BCUT2D eigenvalue weighted by Crippen LogP contribution is 2.21. The number of carbonyl (C=O) groups excluding carboxylic acids is 1. The molecule has 1 fully saturated rings. The number of urea groups is 1. The van der Waals surface area contributed by atoms with E-state index in [2.05, 4.69) is 5.32 Å². The molecule has 0 aromatic rings. The third-order valence-electron chi connectivity index (χ3n) is 2.57. The number of amides is 2. The van der Waals surface area contributed by atoms with Crippen molar-refractivity contribution < 1.29 is 13.2 Å². The Hall–Kier alpha value is -0.430. The quantitative estimate of drug-likeness (QED) is 0.834. The molecule has 1 heterocycles. The number of nitrogens with one attached hydrogen (secondary N) is 1. The molecule has 1 rings (SSSR count). The van der Waals surface area contributed by atoms with Crippen LogP contribution in [0.3, 0.4) is 0 Å². The van der Waals surface area contributed by atoms with Gasteiger partial charge in [-0.3, -0.25) is 0 Å². The zero-order valence-corrected chi connectivity index (χ0v) is 12.1. The monoisotopic (exact) mass is 280 g/mol. The Kier molecular flexibility index (Phi) is 5.12. The first-order valence-corrected chi connectivity index (χ1v) is 8.62. The van der Waals surface area contributed by atoms with Crippen molar-refractivity contribution in [1.29, 1.82) is 0 Å². The fourth-order valence-corrected chi connectivity index (χ4v) is 4.60. The summed E-state index contributed by atoms with van der Waals surface area (Å²) in [4.78, 5) is 13.4. The van der Waals surface area contributed by atoms with Crippen LogP contribution in [0.15, 0.2) is 0 Å². The molecule has 5 nitrogen and oxygen atoms in total. The van der Waals surface area contributed by atoms with Crippen molar-refractivity contribution in [3.8, 4) is 0 Å². The smallest absolute Gasteiger partial charge is 0.318 e. The van der Waals surface area contributed by atoms with Crippen LogP contribution in [0, 0.1) is 0 Å².